The minimum atomic E-state index is -1.59. The Morgan fingerprint density at radius 1 is 1.00 bits per heavy atom. The van der Waals surface area contributed by atoms with Crippen molar-refractivity contribution in [2.45, 2.75) is 43.5 Å². The van der Waals surface area contributed by atoms with Gasteiger partial charge in [-0.15, -0.1) is 0 Å². The van der Waals surface area contributed by atoms with Crippen LogP contribution in [0, 0.1) is 0 Å². The number of ketones is 1. The van der Waals surface area contributed by atoms with Crippen LogP contribution in [0.15, 0.2) is 54.6 Å². The number of amides is 1. The molecule has 1 heterocycles. The van der Waals surface area contributed by atoms with E-state index in [1.165, 1.54) is 0 Å². The van der Waals surface area contributed by atoms with Crippen LogP contribution in [0.4, 0.5) is 0 Å². The van der Waals surface area contributed by atoms with Gasteiger partial charge in [-0.3, -0.25) is 9.59 Å². The van der Waals surface area contributed by atoms with Crippen LogP contribution >= 0.6 is 0 Å². The van der Waals surface area contributed by atoms with Crippen LogP contribution in [-0.4, -0.2) is 69.4 Å². The number of hydrogen-bond acceptors (Lipinski definition) is 7. The summed E-state index contributed by atoms with van der Waals surface area (Å²) in [6.45, 7) is 1.03. The summed E-state index contributed by atoms with van der Waals surface area (Å²) in [7, 11) is 0. The molecule has 0 bridgehead atoms. The first-order valence-corrected chi connectivity index (χ1v) is 9.64. The average molecular weight is 415 g/mol. The predicted molar refractivity (Wildman–Crippen MR) is 107 cm³/mol. The van der Waals surface area contributed by atoms with E-state index in [1.807, 2.05) is 6.07 Å². The van der Waals surface area contributed by atoms with E-state index in [1.54, 1.807) is 55.5 Å². The molecular weight excluding hydrogens is 390 g/mol. The Morgan fingerprint density at radius 2 is 1.67 bits per heavy atom. The lowest BCUT2D eigenvalue weighted by Gasteiger charge is -2.40. The molecule has 1 amide bonds. The fraction of sp³-hybridized carbons (Fsp3) is 0.364. The Labute approximate surface area is 173 Å². The number of nitrogens with one attached hydrogen (secondary N) is 1. The van der Waals surface area contributed by atoms with Gasteiger partial charge in [-0.1, -0.05) is 48.5 Å². The smallest absolute Gasteiger partial charge is 0.227 e. The zero-order chi connectivity index (χ0) is 21.8. The van der Waals surface area contributed by atoms with Gasteiger partial charge in [0.1, 0.15) is 24.4 Å². The SMILES string of the molecule is CC(C(=O)N[C@@H]1[C@@H](O)[C@H](O)[C@@H](CO)O[C@H]1O)c1cccc(C(=O)c2ccccc2)c1. The van der Waals surface area contributed by atoms with Gasteiger partial charge < -0.3 is 30.5 Å². The fourth-order valence-corrected chi connectivity index (χ4v) is 3.40. The van der Waals surface area contributed by atoms with E-state index in [2.05, 4.69) is 5.32 Å². The van der Waals surface area contributed by atoms with E-state index < -0.39 is 49.1 Å². The number of hydrogen-bond donors (Lipinski definition) is 5. The molecule has 3 rings (SSSR count). The maximum atomic E-state index is 12.7. The Kier molecular flexibility index (Phi) is 6.96. The molecule has 0 radical (unpaired) electrons. The zero-order valence-electron chi connectivity index (χ0n) is 16.4. The number of aliphatic hydroxyl groups excluding tert-OH is 4. The lowest BCUT2D eigenvalue weighted by atomic mass is 9.93. The maximum absolute atomic E-state index is 12.7. The number of rotatable bonds is 6. The monoisotopic (exact) mass is 415 g/mol. The van der Waals surface area contributed by atoms with Crippen molar-refractivity contribution in [3.63, 3.8) is 0 Å². The standard InChI is InChI=1S/C22H25NO7/c1-12(21(28)23-17-20(27)19(26)16(11-24)30-22(17)29)14-8-5-9-15(10-14)18(25)13-6-3-2-4-7-13/h2-10,12,16-17,19-20,22,24,26-27,29H,11H2,1H3,(H,23,28)/t12?,16-,17-,19-,20-,22-/m1/s1. The molecule has 1 unspecified atom stereocenters. The van der Waals surface area contributed by atoms with Crippen molar-refractivity contribution in [3.8, 4) is 0 Å². The summed E-state index contributed by atoms with van der Waals surface area (Å²) in [6.07, 6.45) is -5.73. The van der Waals surface area contributed by atoms with Gasteiger partial charge in [-0.25, -0.2) is 0 Å². The summed E-state index contributed by atoms with van der Waals surface area (Å²) >= 11 is 0. The number of ether oxygens (including phenoxy) is 1. The van der Waals surface area contributed by atoms with Crippen LogP contribution in [0.2, 0.25) is 0 Å². The molecule has 1 aliphatic heterocycles. The van der Waals surface area contributed by atoms with E-state index in [4.69, 9.17) is 9.84 Å². The Bertz CT molecular complexity index is 888. The van der Waals surface area contributed by atoms with Crippen molar-refractivity contribution < 1.29 is 34.8 Å². The molecule has 0 saturated carbocycles. The molecule has 1 fully saturated rings. The molecular formula is C22H25NO7. The molecule has 6 atom stereocenters. The maximum Gasteiger partial charge on any atom is 0.227 e. The summed E-state index contributed by atoms with van der Waals surface area (Å²) in [6, 6.07) is 14.2. The quantitative estimate of drug-likeness (QED) is 0.417. The zero-order valence-corrected chi connectivity index (χ0v) is 16.4. The molecule has 2 aromatic rings. The second-order valence-corrected chi connectivity index (χ2v) is 7.31. The third-order valence-corrected chi connectivity index (χ3v) is 5.29. The third-order valence-electron chi connectivity index (χ3n) is 5.29. The number of carbonyl (C=O) groups excluding carboxylic acids is 2. The first-order chi connectivity index (χ1) is 14.3. The van der Waals surface area contributed by atoms with Crippen molar-refractivity contribution in [2.75, 3.05) is 6.61 Å². The number of carbonyl (C=O) groups is 2. The first-order valence-electron chi connectivity index (χ1n) is 9.64. The largest absolute Gasteiger partial charge is 0.394 e. The highest BCUT2D eigenvalue weighted by molar-refractivity contribution is 6.09. The Morgan fingerprint density at radius 3 is 2.33 bits per heavy atom. The van der Waals surface area contributed by atoms with Gasteiger partial charge in [0.2, 0.25) is 5.91 Å². The van der Waals surface area contributed by atoms with Crippen molar-refractivity contribution >= 4 is 11.7 Å². The highest BCUT2D eigenvalue weighted by Crippen LogP contribution is 2.23. The van der Waals surface area contributed by atoms with E-state index >= 15 is 0 Å². The topological polar surface area (TPSA) is 136 Å². The van der Waals surface area contributed by atoms with Crippen LogP contribution in [0.1, 0.15) is 34.3 Å². The minimum absolute atomic E-state index is 0.172. The molecule has 5 N–H and O–H groups in total. The normalized spacial score (nSPS) is 27.3. The van der Waals surface area contributed by atoms with E-state index in [0.717, 1.165) is 0 Å². The Balaban J connectivity index is 1.73. The van der Waals surface area contributed by atoms with E-state index in [-0.39, 0.29) is 5.78 Å². The summed E-state index contributed by atoms with van der Waals surface area (Å²) in [5.41, 5.74) is 1.54. The Hall–Kier alpha value is -2.62. The fourth-order valence-electron chi connectivity index (χ4n) is 3.40. The van der Waals surface area contributed by atoms with Crippen molar-refractivity contribution in [1.29, 1.82) is 0 Å². The molecule has 30 heavy (non-hydrogen) atoms. The van der Waals surface area contributed by atoms with Gasteiger partial charge >= 0.3 is 0 Å². The number of aliphatic hydroxyl groups is 4. The summed E-state index contributed by atoms with van der Waals surface area (Å²) in [5.74, 6) is -1.41. The lowest BCUT2D eigenvalue weighted by Crippen LogP contribution is -2.64. The molecule has 1 aliphatic rings. The van der Waals surface area contributed by atoms with Gasteiger partial charge in [-0.2, -0.15) is 0 Å². The molecule has 8 nitrogen and oxygen atoms in total. The highest BCUT2D eigenvalue weighted by Gasteiger charge is 2.44. The molecule has 0 aromatic heterocycles. The van der Waals surface area contributed by atoms with Crippen LogP contribution in [-0.2, 0) is 9.53 Å². The van der Waals surface area contributed by atoms with Gasteiger partial charge in [0.05, 0.1) is 12.5 Å². The second kappa shape index (κ2) is 9.46. The first kappa shape index (κ1) is 22.1. The van der Waals surface area contributed by atoms with Crippen molar-refractivity contribution in [1.82, 2.24) is 5.32 Å². The minimum Gasteiger partial charge on any atom is -0.394 e. The van der Waals surface area contributed by atoms with Gasteiger partial charge in [-0.05, 0) is 18.6 Å². The van der Waals surface area contributed by atoms with Crippen molar-refractivity contribution in [2.24, 2.45) is 0 Å². The summed E-state index contributed by atoms with van der Waals surface area (Å²) < 4.78 is 5.05. The molecule has 160 valence electrons. The molecule has 8 heteroatoms. The third kappa shape index (κ3) is 4.58. The van der Waals surface area contributed by atoms with Crippen molar-refractivity contribution in [3.05, 3.63) is 71.3 Å². The van der Waals surface area contributed by atoms with Gasteiger partial charge in [0, 0.05) is 11.1 Å². The van der Waals surface area contributed by atoms with Crippen LogP contribution < -0.4 is 5.32 Å². The van der Waals surface area contributed by atoms with E-state index in [0.29, 0.717) is 16.7 Å². The molecule has 1 saturated heterocycles. The molecule has 0 spiro atoms. The van der Waals surface area contributed by atoms with Gasteiger partial charge in [0.15, 0.2) is 12.1 Å². The summed E-state index contributed by atoms with van der Waals surface area (Å²) in [4.78, 5) is 25.4. The lowest BCUT2D eigenvalue weighted by molar-refractivity contribution is -0.253. The molecule has 2 aromatic carbocycles. The predicted octanol–water partition coefficient (Wildman–Crippen LogP) is -0.0628. The number of benzene rings is 2. The molecule has 0 aliphatic carbocycles. The van der Waals surface area contributed by atoms with E-state index in [9.17, 15) is 24.9 Å². The summed E-state index contributed by atoms with van der Waals surface area (Å²) in [5, 5.41) is 41.8. The highest BCUT2D eigenvalue weighted by atomic mass is 16.6. The average Bonchev–Trinajstić information content (AvgIpc) is 2.78. The van der Waals surface area contributed by atoms with Crippen LogP contribution in [0.3, 0.4) is 0 Å². The second-order valence-electron chi connectivity index (χ2n) is 7.31. The van der Waals surface area contributed by atoms with Crippen LogP contribution in [0.5, 0.6) is 0 Å². The van der Waals surface area contributed by atoms with Gasteiger partial charge in [0.25, 0.3) is 0 Å². The van der Waals surface area contributed by atoms with Crippen LogP contribution in [0.25, 0.3) is 0 Å².